The summed E-state index contributed by atoms with van der Waals surface area (Å²) in [5, 5.41) is -0.563. The van der Waals surface area contributed by atoms with Gasteiger partial charge in [0.05, 0.1) is 0 Å². The van der Waals surface area contributed by atoms with Crippen LogP contribution in [0.3, 0.4) is 0 Å². The SMILES string of the molecule is O=C1NNCC(N2CCN(CC3C(F)CCCC3F)CC2)C1Cl. The molecule has 132 valence electrons. The Balaban J connectivity index is 1.49. The fraction of sp³-hybridized carbons (Fsp3) is 0.933. The van der Waals surface area contributed by atoms with Gasteiger partial charge < -0.3 is 4.90 Å². The van der Waals surface area contributed by atoms with Gasteiger partial charge in [-0.3, -0.25) is 15.1 Å². The molecule has 2 N–H and O–H groups in total. The quantitative estimate of drug-likeness (QED) is 0.735. The van der Waals surface area contributed by atoms with E-state index < -0.39 is 23.6 Å². The lowest BCUT2D eigenvalue weighted by Gasteiger charge is -2.43. The molecule has 0 spiro atoms. The van der Waals surface area contributed by atoms with Gasteiger partial charge in [-0.05, 0) is 19.3 Å². The molecular formula is C15H25ClF2N4O. The van der Waals surface area contributed by atoms with Crippen LogP contribution in [-0.2, 0) is 4.79 Å². The van der Waals surface area contributed by atoms with Crippen molar-refractivity contribution in [3.8, 4) is 0 Å². The van der Waals surface area contributed by atoms with Crippen LogP contribution in [0.1, 0.15) is 19.3 Å². The maximum atomic E-state index is 14.0. The zero-order valence-electron chi connectivity index (χ0n) is 13.2. The van der Waals surface area contributed by atoms with E-state index in [2.05, 4.69) is 20.7 Å². The molecule has 3 aliphatic rings. The number of alkyl halides is 3. The molecule has 2 saturated heterocycles. The molecule has 4 unspecified atom stereocenters. The van der Waals surface area contributed by atoms with Gasteiger partial charge in [0.2, 0.25) is 0 Å². The van der Waals surface area contributed by atoms with E-state index in [1.807, 2.05) is 0 Å². The second-order valence-electron chi connectivity index (χ2n) is 6.80. The second-order valence-corrected chi connectivity index (χ2v) is 7.27. The van der Waals surface area contributed by atoms with Gasteiger partial charge in [-0.1, -0.05) is 0 Å². The van der Waals surface area contributed by atoms with Gasteiger partial charge >= 0.3 is 0 Å². The van der Waals surface area contributed by atoms with E-state index in [0.29, 0.717) is 32.4 Å². The van der Waals surface area contributed by atoms with Crippen molar-refractivity contribution < 1.29 is 13.6 Å². The molecule has 5 nitrogen and oxygen atoms in total. The van der Waals surface area contributed by atoms with Crippen LogP contribution < -0.4 is 10.9 Å². The van der Waals surface area contributed by atoms with E-state index in [-0.39, 0.29) is 11.9 Å². The maximum absolute atomic E-state index is 14.0. The molecule has 0 bridgehead atoms. The van der Waals surface area contributed by atoms with Crippen LogP contribution in [0.4, 0.5) is 8.78 Å². The number of halogens is 3. The van der Waals surface area contributed by atoms with Crippen molar-refractivity contribution in [2.45, 2.75) is 43.0 Å². The largest absolute Gasteiger partial charge is 0.300 e. The summed E-state index contributed by atoms with van der Waals surface area (Å²) in [7, 11) is 0. The molecule has 0 aromatic heterocycles. The third-order valence-corrected chi connectivity index (χ3v) is 5.83. The molecular weight excluding hydrogens is 326 g/mol. The minimum atomic E-state index is -1.02. The van der Waals surface area contributed by atoms with Gasteiger partial charge in [-0.15, -0.1) is 11.6 Å². The predicted octanol–water partition coefficient (Wildman–Crippen LogP) is 0.691. The first-order valence-corrected chi connectivity index (χ1v) is 8.91. The normalized spacial score (nSPS) is 40.8. The Labute approximate surface area is 140 Å². The smallest absolute Gasteiger partial charge is 0.253 e. The van der Waals surface area contributed by atoms with Crippen molar-refractivity contribution in [2.75, 3.05) is 39.3 Å². The lowest BCUT2D eigenvalue weighted by molar-refractivity contribution is -0.125. The molecule has 2 heterocycles. The number of hydrazine groups is 1. The van der Waals surface area contributed by atoms with Crippen LogP contribution in [0.15, 0.2) is 0 Å². The molecule has 1 amide bonds. The summed E-state index contributed by atoms with van der Waals surface area (Å²) in [6.45, 7) is 4.16. The number of amides is 1. The molecule has 2 aliphatic heterocycles. The summed E-state index contributed by atoms with van der Waals surface area (Å²) in [5.41, 5.74) is 5.39. The Morgan fingerprint density at radius 2 is 1.78 bits per heavy atom. The highest BCUT2D eigenvalue weighted by Gasteiger charge is 2.38. The number of piperazine rings is 1. The van der Waals surface area contributed by atoms with Gasteiger partial charge in [0.25, 0.3) is 5.91 Å². The lowest BCUT2D eigenvalue weighted by atomic mass is 9.85. The first kappa shape index (κ1) is 17.3. The lowest BCUT2D eigenvalue weighted by Crippen LogP contribution is -2.64. The minimum absolute atomic E-state index is 0.0369. The highest BCUT2D eigenvalue weighted by Crippen LogP contribution is 2.30. The maximum Gasteiger partial charge on any atom is 0.253 e. The van der Waals surface area contributed by atoms with E-state index in [4.69, 9.17) is 11.6 Å². The van der Waals surface area contributed by atoms with Gasteiger partial charge in [0.1, 0.15) is 17.7 Å². The Kier molecular flexibility index (Phi) is 5.72. The number of nitrogens with zero attached hydrogens (tertiary/aromatic N) is 2. The summed E-state index contributed by atoms with van der Waals surface area (Å²) in [6.07, 6.45) is -0.407. The summed E-state index contributed by atoms with van der Waals surface area (Å²) in [5.74, 6) is -0.689. The topological polar surface area (TPSA) is 47.6 Å². The summed E-state index contributed by atoms with van der Waals surface area (Å²) in [6, 6.07) is -0.0369. The Morgan fingerprint density at radius 1 is 1.13 bits per heavy atom. The minimum Gasteiger partial charge on any atom is -0.300 e. The van der Waals surface area contributed by atoms with Crippen molar-refractivity contribution in [3.05, 3.63) is 0 Å². The highest BCUT2D eigenvalue weighted by atomic mass is 35.5. The Morgan fingerprint density at radius 3 is 2.43 bits per heavy atom. The average molecular weight is 351 g/mol. The predicted molar refractivity (Wildman–Crippen MR) is 84.7 cm³/mol. The van der Waals surface area contributed by atoms with Gasteiger partial charge in [0, 0.05) is 51.2 Å². The molecule has 8 heteroatoms. The number of nitrogens with one attached hydrogen (secondary N) is 2. The molecule has 0 aromatic rings. The van der Waals surface area contributed by atoms with Crippen molar-refractivity contribution in [1.29, 1.82) is 0 Å². The molecule has 0 radical (unpaired) electrons. The molecule has 4 atom stereocenters. The van der Waals surface area contributed by atoms with Gasteiger partial charge in [-0.25, -0.2) is 14.2 Å². The molecule has 23 heavy (non-hydrogen) atoms. The molecule has 1 saturated carbocycles. The summed E-state index contributed by atoms with van der Waals surface area (Å²) in [4.78, 5) is 16.0. The zero-order valence-corrected chi connectivity index (χ0v) is 13.9. The fourth-order valence-corrected chi connectivity index (χ4v) is 4.17. The number of carbonyl (C=O) groups excluding carboxylic acids is 1. The Bertz CT molecular complexity index is 412. The summed E-state index contributed by atoms with van der Waals surface area (Å²) >= 11 is 6.19. The third kappa shape index (κ3) is 3.95. The standard InChI is InChI=1S/C15H25ClF2N4O/c16-14-13(8-19-20-15(14)23)22-6-4-21(5-7-22)9-10-11(17)2-1-3-12(10)18/h10-14,19H,1-9H2,(H,20,23). The number of carbonyl (C=O) groups is 1. The highest BCUT2D eigenvalue weighted by molar-refractivity contribution is 6.31. The van der Waals surface area contributed by atoms with Gasteiger partial charge in [0.15, 0.2) is 0 Å². The number of rotatable bonds is 3. The molecule has 3 rings (SSSR count). The molecule has 3 fully saturated rings. The Hall–Kier alpha value is -0.500. The van der Waals surface area contributed by atoms with Crippen molar-refractivity contribution >= 4 is 17.5 Å². The number of hydrogen-bond acceptors (Lipinski definition) is 4. The average Bonchev–Trinajstić information content (AvgIpc) is 2.54. The van der Waals surface area contributed by atoms with Crippen molar-refractivity contribution in [3.63, 3.8) is 0 Å². The fourth-order valence-electron chi connectivity index (χ4n) is 3.87. The monoisotopic (exact) mass is 350 g/mol. The zero-order chi connectivity index (χ0) is 16.4. The number of hydrogen-bond donors (Lipinski definition) is 2. The van der Waals surface area contributed by atoms with Crippen molar-refractivity contribution in [2.24, 2.45) is 5.92 Å². The van der Waals surface area contributed by atoms with Crippen LogP contribution in [0.2, 0.25) is 0 Å². The van der Waals surface area contributed by atoms with Crippen molar-refractivity contribution in [1.82, 2.24) is 20.7 Å². The van der Waals surface area contributed by atoms with Crippen LogP contribution in [0, 0.1) is 5.92 Å². The van der Waals surface area contributed by atoms with Crippen LogP contribution >= 0.6 is 11.6 Å². The third-order valence-electron chi connectivity index (χ3n) is 5.34. The van der Waals surface area contributed by atoms with Crippen LogP contribution in [-0.4, -0.2) is 78.7 Å². The van der Waals surface area contributed by atoms with Crippen LogP contribution in [0.5, 0.6) is 0 Å². The molecule has 0 aromatic carbocycles. The first-order chi connectivity index (χ1) is 11.1. The van der Waals surface area contributed by atoms with E-state index in [0.717, 1.165) is 26.2 Å². The van der Waals surface area contributed by atoms with Gasteiger partial charge in [-0.2, -0.15) is 0 Å². The summed E-state index contributed by atoms with van der Waals surface area (Å²) < 4.78 is 27.9. The van der Waals surface area contributed by atoms with E-state index in [1.54, 1.807) is 0 Å². The first-order valence-electron chi connectivity index (χ1n) is 8.47. The van der Waals surface area contributed by atoms with E-state index >= 15 is 0 Å². The van der Waals surface area contributed by atoms with E-state index in [9.17, 15) is 13.6 Å². The second kappa shape index (κ2) is 7.59. The molecule has 1 aliphatic carbocycles. The van der Waals surface area contributed by atoms with E-state index in [1.165, 1.54) is 0 Å². The van der Waals surface area contributed by atoms with Crippen LogP contribution in [0.25, 0.3) is 0 Å².